The first-order valence-corrected chi connectivity index (χ1v) is 9.99. The highest BCUT2D eigenvalue weighted by atomic mass is 32.2. The maximum Gasteiger partial charge on any atom is 0.283 e. The Balaban J connectivity index is 2.45. The van der Waals surface area contributed by atoms with E-state index < -0.39 is 10.0 Å². The highest BCUT2D eigenvalue weighted by Crippen LogP contribution is 2.25. The van der Waals surface area contributed by atoms with Crippen molar-refractivity contribution in [2.75, 3.05) is 0 Å². The van der Waals surface area contributed by atoms with Gasteiger partial charge in [0.1, 0.15) is 5.84 Å². The molecule has 0 atom stereocenters. The molecule has 1 aliphatic rings. The van der Waals surface area contributed by atoms with Gasteiger partial charge in [-0.3, -0.25) is 4.79 Å². The van der Waals surface area contributed by atoms with Crippen molar-refractivity contribution >= 4 is 27.4 Å². The van der Waals surface area contributed by atoms with Gasteiger partial charge in [-0.2, -0.15) is 8.42 Å². The Morgan fingerprint density at radius 3 is 1.88 bits per heavy atom. The first-order valence-electron chi connectivity index (χ1n) is 8.55. The minimum atomic E-state index is -3.81. The summed E-state index contributed by atoms with van der Waals surface area (Å²) in [6, 6.07) is 8.01. The van der Waals surface area contributed by atoms with Crippen LogP contribution < -0.4 is 0 Å². The Bertz CT molecular complexity index is 889. The van der Waals surface area contributed by atoms with Crippen molar-refractivity contribution in [1.29, 1.82) is 0 Å². The second-order valence-corrected chi connectivity index (χ2v) is 8.41. The molecule has 0 bridgehead atoms. The van der Waals surface area contributed by atoms with E-state index in [2.05, 4.69) is 9.39 Å². The third-order valence-corrected chi connectivity index (χ3v) is 5.33. The van der Waals surface area contributed by atoms with Crippen molar-refractivity contribution in [3.63, 3.8) is 0 Å². The molecule has 1 aromatic rings. The summed E-state index contributed by atoms with van der Waals surface area (Å²) in [7, 11) is -3.81. The van der Waals surface area contributed by atoms with Gasteiger partial charge in [-0.1, -0.05) is 45.9 Å². The van der Waals surface area contributed by atoms with E-state index in [0.29, 0.717) is 16.9 Å². The van der Waals surface area contributed by atoms with Gasteiger partial charge in [0, 0.05) is 11.1 Å². The van der Waals surface area contributed by atoms with Crippen LogP contribution in [0.3, 0.4) is 0 Å². The molecule has 26 heavy (non-hydrogen) atoms. The highest BCUT2D eigenvalue weighted by molar-refractivity contribution is 7.90. The average molecular weight is 372 g/mol. The molecule has 1 aliphatic carbocycles. The molecule has 6 heteroatoms. The molecule has 0 heterocycles. The summed E-state index contributed by atoms with van der Waals surface area (Å²) in [6.07, 6.45) is 3.43. The Morgan fingerprint density at radius 1 is 0.923 bits per heavy atom. The van der Waals surface area contributed by atoms with Gasteiger partial charge in [-0.15, -0.1) is 4.40 Å². The summed E-state index contributed by atoms with van der Waals surface area (Å²) in [4.78, 5) is 17.0. The maximum atomic E-state index is 12.5. The lowest BCUT2D eigenvalue weighted by Crippen LogP contribution is -2.21. The molecular weight excluding hydrogens is 348 g/mol. The molecule has 0 unspecified atom stereocenters. The van der Waals surface area contributed by atoms with E-state index in [-0.39, 0.29) is 28.4 Å². The van der Waals surface area contributed by atoms with E-state index in [1.165, 1.54) is 19.1 Å². The SMILES string of the molecule is C/C(N=C1C=C(C(C)C)C(=O)C(C(C)C)=C1)=N/S(=O)(=O)c1ccccc1. The molecule has 0 amide bonds. The van der Waals surface area contributed by atoms with Crippen LogP contribution in [0, 0.1) is 11.8 Å². The van der Waals surface area contributed by atoms with Gasteiger partial charge >= 0.3 is 0 Å². The van der Waals surface area contributed by atoms with Crippen LogP contribution in [0.15, 0.2) is 67.9 Å². The molecule has 0 saturated carbocycles. The fourth-order valence-corrected chi connectivity index (χ4v) is 3.60. The number of benzene rings is 1. The van der Waals surface area contributed by atoms with E-state index in [1.54, 1.807) is 30.4 Å². The predicted octanol–water partition coefficient (Wildman–Crippen LogP) is 3.98. The second-order valence-electron chi connectivity index (χ2n) is 6.80. The smallest absolute Gasteiger partial charge is 0.283 e. The number of sulfonamides is 1. The molecule has 0 aromatic heterocycles. The minimum Gasteiger partial charge on any atom is -0.289 e. The lowest BCUT2D eigenvalue weighted by Gasteiger charge is -2.20. The van der Waals surface area contributed by atoms with Gasteiger partial charge in [-0.25, -0.2) is 4.99 Å². The van der Waals surface area contributed by atoms with Crippen molar-refractivity contribution in [3.05, 3.63) is 53.6 Å². The molecule has 0 spiro atoms. The lowest BCUT2D eigenvalue weighted by molar-refractivity contribution is -0.113. The predicted molar refractivity (Wildman–Crippen MR) is 105 cm³/mol. The van der Waals surface area contributed by atoms with Crippen molar-refractivity contribution < 1.29 is 13.2 Å². The first-order chi connectivity index (χ1) is 12.1. The monoisotopic (exact) mass is 372 g/mol. The number of hydrogen-bond acceptors (Lipinski definition) is 3. The lowest BCUT2D eigenvalue weighted by atomic mass is 9.84. The number of ketones is 1. The largest absolute Gasteiger partial charge is 0.289 e. The van der Waals surface area contributed by atoms with E-state index in [4.69, 9.17) is 0 Å². The molecular formula is C20H24N2O3S. The minimum absolute atomic E-state index is 0.0282. The molecule has 0 aliphatic heterocycles. The molecule has 0 fully saturated rings. The van der Waals surface area contributed by atoms with Crippen LogP contribution >= 0.6 is 0 Å². The van der Waals surface area contributed by atoms with Crippen LogP contribution in [-0.4, -0.2) is 25.7 Å². The zero-order chi connectivity index (χ0) is 19.5. The zero-order valence-electron chi connectivity index (χ0n) is 15.7. The average Bonchev–Trinajstić information content (AvgIpc) is 2.56. The van der Waals surface area contributed by atoms with Gasteiger partial charge in [0.2, 0.25) is 0 Å². The number of allylic oxidation sites excluding steroid dienone is 4. The normalized spacial score (nSPS) is 16.0. The molecule has 0 radical (unpaired) electrons. The first kappa shape index (κ1) is 20.0. The van der Waals surface area contributed by atoms with Gasteiger partial charge in [0.05, 0.1) is 10.6 Å². The van der Waals surface area contributed by atoms with Crippen LogP contribution in [0.2, 0.25) is 0 Å². The summed E-state index contributed by atoms with van der Waals surface area (Å²) in [6.45, 7) is 9.34. The van der Waals surface area contributed by atoms with Gasteiger partial charge in [0.25, 0.3) is 10.0 Å². The second kappa shape index (κ2) is 7.91. The summed E-state index contributed by atoms with van der Waals surface area (Å²) in [5, 5.41) is 0. The van der Waals surface area contributed by atoms with E-state index in [1.807, 2.05) is 27.7 Å². The van der Waals surface area contributed by atoms with Gasteiger partial charge < -0.3 is 0 Å². The number of rotatable bonds is 4. The summed E-state index contributed by atoms with van der Waals surface area (Å²) >= 11 is 0. The Labute approximate surface area is 155 Å². The quantitative estimate of drug-likeness (QED) is 0.456. The highest BCUT2D eigenvalue weighted by Gasteiger charge is 2.24. The van der Waals surface area contributed by atoms with Crippen LogP contribution in [0.1, 0.15) is 34.6 Å². The molecule has 138 valence electrons. The molecule has 2 rings (SSSR count). The molecule has 0 N–H and O–H groups in total. The number of nitrogens with zero attached hydrogens (tertiary/aromatic N) is 2. The van der Waals surface area contributed by atoms with Crippen molar-refractivity contribution in [2.45, 2.75) is 39.5 Å². The van der Waals surface area contributed by atoms with Crippen molar-refractivity contribution in [2.24, 2.45) is 21.2 Å². The standard InChI is InChI=1S/C20H24N2O3S/c1-13(2)18-11-16(12-19(14(3)4)20(18)23)21-15(5)22-26(24,25)17-9-7-6-8-10-17/h6-14H,1-5H3/b22-15-. The molecule has 0 saturated heterocycles. The number of aliphatic imine (C=N–C) groups is 1. The molecule has 5 nitrogen and oxygen atoms in total. The molecule has 1 aromatic carbocycles. The number of carbonyl (C=O) groups excluding carboxylic acids is 1. The van der Waals surface area contributed by atoms with Crippen LogP contribution in [0.5, 0.6) is 0 Å². The fraction of sp³-hybridized carbons (Fsp3) is 0.350. The van der Waals surface area contributed by atoms with Crippen LogP contribution in [0.4, 0.5) is 0 Å². The van der Waals surface area contributed by atoms with Crippen molar-refractivity contribution in [3.8, 4) is 0 Å². The Morgan fingerprint density at radius 2 is 1.42 bits per heavy atom. The summed E-state index contributed by atoms with van der Waals surface area (Å²) in [5.41, 5.74) is 1.89. The maximum absolute atomic E-state index is 12.5. The Kier molecular flexibility index (Phi) is 6.08. The number of Topliss-reactive ketones (excluding diaryl/α,β-unsaturated/α-hetero) is 1. The van der Waals surface area contributed by atoms with E-state index >= 15 is 0 Å². The summed E-state index contributed by atoms with van der Waals surface area (Å²) in [5.74, 6) is 0.262. The number of hydrogen-bond donors (Lipinski definition) is 0. The van der Waals surface area contributed by atoms with E-state index in [0.717, 1.165) is 0 Å². The summed E-state index contributed by atoms with van der Waals surface area (Å²) < 4.78 is 28.5. The van der Waals surface area contributed by atoms with Gasteiger partial charge in [-0.05, 0) is 43.0 Å². The van der Waals surface area contributed by atoms with E-state index in [9.17, 15) is 13.2 Å². The van der Waals surface area contributed by atoms with Crippen LogP contribution in [-0.2, 0) is 14.8 Å². The van der Waals surface area contributed by atoms with Gasteiger partial charge in [0.15, 0.2) is 5.78 Å². The topological polar surface area (TPSA) is 75.9 Å². The fourth-order valence-electron chi connectivity index (χ4n) is 2.61. The zero-order valence-corrected chi connectivity index (χ0v) is 16.5. The number of amidine groups is 1. The van der Waals surface area contributed by atoms with Crippen molar-refractivity contribution in [1.82, 2.24) is 0 Å². The van der Waals surface area contributed by atoms with Crippen LogP contribution in [0.25, 0.3) is 0 Å². The third-order valence-electron chi connectivity index (χ3n) is 3.96. The third kappa shape index (κ3) is 4.64. The number of carbonyl (C=O) groups is 1. The Hall–Kier alpha value is -2.34.